The van der Waals surface area contributed by atoms with Crippen LogP contribution in [0.2, 0.25) is 5.15 Å². The fourth-order valence-electron chi connectivity index (χ4n) is 2.81. The van der Waals surface area contributed by atoms with Crippen molar-refractivity contribution in [1.82, 2.24) is 19.5 Å². The van der Waals surface area contributed by atoms with Crippen molar-refractivity contribution in [1.29, 1.82) is 0 Å². The predicted octanol–water partition coefficient (Wildman–Crippen LogP) is 3.61. The molecule has 0 spiro atoms. The molecule has 0 bridgehead atoms. The van der Waals surface area contributed by atoms with Crippen molar-refractivity contribution in [2.24, 2.45) is 0 Å². The molecule has 0 radical (unpaired) electrons. The Balaban J connectivity index is 1.73. The molecule has 3 rings (SSSR count). The number of imidazole rings is 1. The largest absolute Gasteiger partial charge is 0.368 e. The molecule has 150 valence electrons. The van der Waals surface area contributed by atoms with Crippen LogP contribution in [0.3, 0.4) is 0 Å². The van der Waals surface area contributed by atoms with E-state index in [0.717, 1.165) is 12.8 Å². The van der Waals surface area contributed by atoms with Gasteiger partial charge in [0, 0.05) is 0 Å². The monoisotopic (exact) mass is 417 g/mol. The van der Waals surface area contributed by atoms with Crippen molar-refractivity contribution >= 4 is 36.3 Å². The first kappa shape index (κ1) is 20.5. The molecule has 11 heteroatoms. The van der Waals surface area contributed by atoms with Gasteiger partial charge in [0.2, 0.25) is 5.95 Å². The number of ether oxygens (including phenoxy) is 1. The highest BCUT2D eigenvalue weighted by atomic mass is 35.5. The molecule has 0 atom stereocenters. The number of nitrogens with zero attached hydrogens (tertiary/aromatic N) is 4. The molecule has 1 aliphatic carbocycles. The number of aromatic nitrogens is 4. The first-order valence-electron chi connectivity index (χ1n) is 8.85. The summed E-state index contributed by atoms with van der Waals surface area (Å²) in [5.74, 6) is 0.0766. The quantitative estimate of drug-likeness (QED) is 0.486. The Morgan fingerprint density at radius 3 is 2.44 bits per heavy atom. The van der Waals surface area contributed by atoms with Crippen molar-refractivity contribution in [3.05, 3.63) is 11.5 Å². The smallest absolute Gasteiger partial charge is 0.356 e. The SMILES string of the molecule is CC(C)OP(=O)(COC1(Cn2cnc3nc(N)nc(Cl)c32)CC1)OC(C)C. The highest BCUT2D eigenvalue weighted by molar-refractivity contribution is 7.53. The molecular weight excluding hydrogens is 393 g/mol. The van der Waals surface area contributed by atoms with Crippen LogP contribution < -0.4 is 5.73 Å². The molecule has 2 N–H and O–H groups in total. The number of nitrogens with two attached hydrogens (primary N) is 1. The Morgan fingerprint density at radius 2 is 1.89 bits per heavy atom. The Bertz CT molecular complexity index is 854. The maximum Gasteiger partial charge on any atom is 0.356 e. The van der Waals surface area contributed by atoms with Gasteiger partial charge in [-0.3, -0.25) is 4.57 Å². The van der Waals surface area contributed by atoms with Crippen LogP contribution in [0.15, 0.2) is 6.33 Å². The van der Waals surface area contributed by atoms with Gasteiger partial charge in [0.05, 0.1) is 30.7 Å². The maximum atomic E-state index is 13.0. The lowest BCUT2D eigenvalue weighted by molar-refractivity contribution is 0.0278. The zero-order valence-corrected chi connectivity index (χ0v) is 17.5. The molecule has 1 aliphatic rings. The topological polar surface area (TPSA) is 114 Å². The predicted molar refractivity (Wildman–Crippen MR) is 103 cm³/mol. The number of hydrogen-bond acceptors (Lipinski definition) is 8. The van der Waals surface area contributed by atoms with E-state index >= 15 is 0 Å². The fourth-order valence-corrected chi connectivity index (χ4v) is 4.98. The van der Waals surface area contributed by atoms with Gasteiger partial charge in [0.25, 0.3) is 0 Å². The lowest BCUT2D eigenvalue weighted by Gasteiger charge is -2.25. The van der Waals surface area contributed by atoms with Crippen molar-refractivity contribution < 1.29 is 18.3 Å². The minimum Gasteiger partial charge on any atom is -0.368 e. The van der Waals surface area contributed by atoms with Gasteiger partial charge in [-0.2, -0.15) is 9.97 Å². The Morgan fingerprint density at radius 1 is 1.26 bits per heavy atom. The number of rotatable bonds is 9. The van der Waals surface area contributed by atoms with E-state index in [2.05, 4.69) is 15.0 Å². The average molecular weight is 418 g/mol. The van der Waals surface area contributed by atoms with Crippen LogP contribution in [0.25, 0.3) is 11.2 Å². The third-order valence-corrected chi connectivity index (χ3v) is 6.18. The second-order valence-corrected chi connectivity index (χ2v) is 9.55. The number of fused-ring (bicyclic) bond motifs is 1. The molecule has 27 heavy (non-hydrogen) atoms. The molecule has 1 fully saturated rings. The number of anilines is 1. The van der Waals surface area contributed by atoms with Crippen molar-refractivity contribution in [2.75, 3.05) is 12.1 Å². The molecular formula is C16H25ClN5O4P. The Kier molecular flexibility index (Phi) is 5.80. The van der Waals surface area contributed by atoms with E-state index in [9.17, 15) is 4.57 Å². The second kappa shape index (κ2) is 7.64. The van der Waals surface area contributed by atoms with E-state index in [-0.39, 0.29) is 29.7 Å². The van der Waals surface area contributed by atoms with E-state index < -0.39 is 13.2 Å². The molecule has 2 heterocycles. The van der Waals surface area contributed by atoms with Gasteiger partial charge in [-0.05, 0) is 40.5 Å². The third kappa shape index (κ3) is 4.97. The average Bonchev–Trinajstić information content (AvgIpc) is 3.17. The van der Waals surface area contributed by atoms with Crippen molar-refractivity contribution in [3.8, 4) is 0 Å². The molecule has 9 nitrogen and oxygen atoms in total. The van der Waals surface area contributed by atoms with E-state index in [1.807, 2.05) is 32.3 Å². The van der Waals surface area contributed by atoms with Crippen LogP contribution >= 0.6 is 19.2 Å². The summed E-state index contributed by atoms with van der Waals surface area (Å²) < 4.78 is 31.9. The number of hydrogen-bond donors (Lipinski definition) is 1. The summed E-state index contributed by atoms with van der Waals surface area (Å²) >= 11 is 6.21. The highest BCUT2D eigenvalue weighted by Crippen LogP contribution is 2.53. The number of nitrogen functional groups attached to an aromatic ring is 1. The Labute approximate surface area is 163 Å². The van der Waals surface area contributed by atoms with E-state index in [1.165, 1.54) is 0 Å². The highest BCUT2D eigenvalue weighted by Gasteiger charge is 2.47. The second-order valence-electron chi connectivity index (χ2n) is 7.29. The minimum atomic E-state index is -3.36. The van der Waals surface area contributed by atoms with Crippen LogP contribution in [0, 0.1) is 0 Å². The maximum absolute atomic E-state index is 13.0. The molecule has 2 aromatic rings. The van der Waals surface area contributed by atoms with E-state index in [0.29, 0.717) is 17.7 Å². The molecule has 0 aliphatic heterocycles. The van der Waals surface area contributed by atoms with E-state index in [4.69, 9.17) is 31.1 Å². The minimum absolute atomic E-state index is 0.0766. The number of halogens is 1. The van der Waals surface area contributed by atoms with Gasteiger partial charge in [-0.15, -0.1) is 0 Å². The summed E-state index contributed by atoms with van der Waals surface area (Å²) in [4.78, 5) is 12.3. The van der Waals surface area contributed by atoms with Gasteiger partial charge in [-0.1, -0.05) is 11.6 Å². The summed E-state index contributed by atoms with van der Waals surface area (Å²) in [6, 6.07) is 0. The van der Waals surface area contributed by atoms with Crippen LogP contribution in [-0.4, -0.2) is 43.7 Å². The zero-order chi connectivity index (χ0) is 19.8. The van der Waals surface area contributed by atoms with Gasteiger partial charge >= 0.3 is 7.60 Å². The molecule has 1 saturated carbocycles. The summed E-state index contributed by atoms with van der Waals surface area (Å²) in [6.45, 7) is 7.74. The van der Waals surface area contributed by atoms with Crippen LogP contribution in [0.5, 0.6) is 0 Å². The van der Waals surface area contributed by atoms with Crippen LogP contribution in [0.4, 0.5) is 5.95 Å². The summed E-state index contributed by atoms with van der Waals surface area (Å²) in [7, 11) is -3.36. The third-order valence-electron chi connectivity index (χ3n) is 3.98. The Hall–Kier alpha value is -1.25. The standard InChI is InChI=1S/C16H25ClN5O4P/c1-10(2)25-27(23,26-11(3)4)9-24-16(5-6-16)7-22-8-19-14-12(22)13(17)20-15(18)21-14/h8,10-11H,5-7,9H2,1-4H3,(H2,18,20,21). The van der Waals surface area contributed by atoms with Crippen LogP contribution in [-0.2, 0) is 24.9 Å². The summed E-state index contributed by atoms with van der Waals surface area (Å²) in [5.41, 5.74) is 6.17. The lowest BCUT2D eigenvalue weighted by Crippen LogP contribution is -2.24. The van der Waals surface area contributed by atoms with Crippen molar-refractivity contribution in [2.45, 2.75) is 64.9 Å². The van der Waals surface area contributed by atoms with Gasteiger partial charge < -0.3 is 24.1 Å². The summed E-state index contributed by atoms with van der Waals surface area (Å²) in [6.07, 6.45) is 2.71. The first-order chi connectivity index (χ1) is 12.6. The normalized spacial score (nSPS) is 16.6. The lowest BCUT2D eigenvalue weighted by atomic mass is 10.3. The molecule has 2 aromatic heterocycles. The van der Waals surface area contributed by atoms with E-state index in [1.54, 1.807) is 6.33 Å². The molecule has 0 saturated heterocycles. The van der Waals surface area contributed by atoms with Gasteiger partial charge in [-0.25, -0.2) is 4.98 Å². The molecule has 0 aromatic carbocycles. The zero-order valence-electron chi connectivity index (χ0n) is 15.9. The van der Waals surface area contributed by atoms with Gasteiger partial charge in [0.15, 0.2) is 10.8 Å². The summed E-state index contributed by atoms with van der Waals surface area (Å²) in [5, 5.41) is 0.239. The molecule has 0 unspecified atom stereocenters. The fraction of sp³-hybridized carbons (Fsp3) is 0.688. The van der Waals surface area contributed by atoms with Gasteiger partial charge in [0.1, 0.15) is 11.9 Å². The van der Waals surface area contributed by atoms with Crippen molar-refractivity contribution in [3.63, 3.8) is 0 Å². The molecule has 0 amide bonds. The van der Waals surface area contributed by atoms with Crippen LogP contribution in [0.1, 0.15) is 40.5 Å². The first-order valence-corrected chi connectivity index (χ1v) is 11.0.